The van der Waals surface area contributed by atoms with Crippen LogP contribution in [0.3, 0.4) is 0 Å². The van der Waals surface area contributed by atoms with Crippen molar-refractivity contribution in [3.05, 3.63) is 35.6 Å². The summed E-state index contributed by atoms with van der Waals surface area (Å²) in [4.78, 5) is 0. The van der Waals surface area contributed by atoms with Crippen molar-refractivity contribution in [1.82, 2.24) is 10.2 Å². The zero-order chi connectivity index (χ0) is 14.2. The lowest BCUT2D eigenvalue weighted by Gasteiger charge is -2.01. The highest BCUT2D eigenvalue weighted by Gasteiger charge is 2.04. The Morgan fingerprint density at radius 2 is 2.10 bits per heavy atom. The summed E-state index contributed by atoms with van der Waals surface area (Å²) < 4.78 is 13.7. The average molecular weight is 308 g/mol. The van der Waals surface area contributed by atoms with E-state index in [1.165, 1.54) is 23.5 Å². The van der Waals surface area contributed by atoms with Crippen LogP contribution in [0.25, 0.3) is 0 Å². The Hall–Kier alpha value is -1.65. The molecule has 0 amide bonds. The number of hydrogen-bond donors (Lipinski definition) is 1. The van der Waals surface area contributed by atoms with Crippen molar-refractivity contribution < 1.29 is 4.39 Å². The Bertz CT molecular complexity index is 577. The number of anilines is 1. The lowest BCUT2D eigenvalue weighted by molar-refractivity contribution is 0.627. The molecule has 0 unspecified atom stereocenters. The minimum Gasteiger partial charge on any atom is -0.356 e. The summed E-state index contributed by atoms with van der Waals surface area (Å²) in [5.74, 6) is 0.640. The first-order valence-corrected chi connectivity index (χ1v) is 7.89. The number of unbranched alkanes of at least 4 members (excludes halogenated alkanes) is 1. The van der Waals surface area contributed by atoms with Crippen LogP contribution in [-0.2, 0) is 6.54 Å². The fraction of sp³-hybridized carbons (Fsp3) is 0.308. The highest BCUT2D eigenvalue weighted by Crippen LogP contribution is 2.26. The molecule has 4 nitrogen and oxygen atoms in total. The van der Waals surface area contributed by atoms with Crippen LogP contribution in [0.1, 0.15) is 18.4 Å². The van der Waals surface area contributed by atoms with Gasteiger partial charge in [-0.25, -0.2) is 4.39 Å². The SMILES string of the molecule is N#CCCCSc1nnc(NCc2ccc(F)cc2)s1. The van der Waals surface area contributed by atoms with Gasteiger partial charge < -0.3 is 5.32 Å². The third kappa shape index (κ3) is 4.79. The molecule has 2 aromatic rings. The number of aromatic nitrogens is 2. The number of thioether (sulfide) groups is 1. The zero-order valence-corrected chi connectivity index (χ0v) is 12.3. The van der Waals surface area contributed by atoms with E-state index in [0.717, 1.165) is 27.2 Å². The monoisotopic (exact) mass is 308 g/mol. The largest absolute Gasteiger partial charge is 0.356 e. The van der Waals surface area contributed by atoms with Gasteiger partial charge in [0.2, 0.25) is 5.13 Å². The summed E-state index contributed by atoms with van der Waals surface area (Å²) in [5, 5.41) is 20.5. The smallest absolute Gasteiger partial charge is 0.206 e. The summed E-state index contributed by atoms with van der Waals surface area (Å²) in [6, 6.07) is 8.47. The van der Waals surface area contributed by atoms with Crippen molar-refractivity contribution in [1.29, 1.82) is 5.26 Å². The molecule has 1 N–H and O–H groups in total. The second kappa shape index (κ2) is 7.82. The number of nitriles is 1. The Morgan fingerprint density at radius 3 is 2.85 bits per heavy atom. The molecule has 0 aliphatic carbocycles. The molecule has 0 spiro atoms. The quantitative estimate of drug-likeness (QED) is 0.624. The summed E-state index contributed by atoms with van der Waals surface area (Å²) in [7, 11) is 0. The maximum Gasteiger partial charge on any atom is 0.206 e. The second-order valence-corrected chi connectivity index (χ2v) is 6.28. The summed E-state index contributed by atoms with van der Waals surface area (Å²) in [6.07, 6.45) is 1.43. The number of hydrogen-bond acceptors (Lipinski definition) is 6. The lowest BCUT2D eigenvalue weighted by Crippen LogP contribution is -1.98. The van der Waals surface area contributed by atoms with Crippen molar-refractivity contribution in [2.24, 2.45) is 0 Å². The minimum absolute atomic E-state index is 0.235. The zero-order valence-electron chi connectivity index (χ0n) is 10.7. The van der Waals surface area contributed by atoms with E-state index in [0.29, 0.717) is 13.0 Å². The molecular formula is C13H13FN4S2. The molecule has 0 aliphatic rings. The van der Waals surface area contributed by atoms with Gasteiger partial charge >= 0.3 is 0 Å². The molecule has 1 heterocycles. The number of nitrogens with zero attached hydrogens (tertiary/aromatic N) is 3. The van der Waals surface area contributed by atoms with Crippen LogP contribution in [0.5, 0.6) is 0 Å². The Balaban J connectivity index is 1.78. The van der Waals surface area contributed by atoms with Gasteiger partial charge in [0.1, 0.15) is 5.82 Å². The van der Waals surface area contributed by atoms with Crippen LogP contribution in [-0.4, -0.2) is 16.0 Å². The van der Waals surface area contributed by atoms with Gasteiger partial charge in [-0.3, -0.25) is 0 Å². The van der Waals surface area contributed by atoms with Gasteiger partial charge in [-0.1, -0.05) is 35.2 Å². The molecule has 0 saturated heterocycles. The van der Waals surface area contributed by atoms with Gasteiger partial charge in [0, 0.05) is 18.7 Å². The number of rotatable bonds is 7. The lowest BCUT2D eigenvalue weighted by atomic mass is 10.2. The first-order valence-electron chi connectivity index (χ1n) is 6.09. The molecule has 0 aliphatic heterocycles. The Morgan fingerprint density at radius 1 is 1.30 bits per heavy atom. The van der Waals surface area contributed by atoms with Crippen LogP contribution in [0.4, 0.5) is 9.52 Å². The van der Waals surface area contributed by atoms with Crippen molar-refractivity contribution in [3.8, 4) is 6.07 Å². The molecule has 0 atom stereocenters. The minimum atomic E-state index is -0.235. The summed E-state index contributed by atoms with van der Waals surface area (Å²) >= 11 is 3.09. The van der Waals surface area contributed by atoms with Gasteiger partial charge in [-0.2, -0.15) is 5.26 Å². The number of benzene rings is 1. The van der Waals surface area contributed by atoms with Crippen LogP contribution >= 0.6 is 23.1 Å². The van der Waals surface area contributed by atoms with Gasteiger partial charge in [0.05, 0.1) is 6.07 Å². The number of nitrogens with one attached hydrogen (secondary N) is 1. The molecule has 1 aromatic carbocycles. The van der Waals surface area contributed by atoms with E-state index in [2.05, 4.69) is 21.6 Å². The molecule has 1 aromatic heterocycles. The van der Waals surface area contributed by atoms with Crippen LogP contribution in [0.2, 0.25) is 0 Å². The Labute approximate surface area is 125 Å². The number of halogens is 1. The highest BCUT2D eigenvalue weighted by molar-refractivity contribution is 8.01. The average Bonchev–Trinajstić information content (AvgIpc) is 2.91. The van der Waals surface area contributed by atoms with Gasteiger partial charge in [-0.15, -0.1) is 10.2 Å². The highest BCUT2D eigenvalue weighted by atomic mass is 32.2. The Kier molecular flexibility index (Phi) is 5.77. The van der Waals surface area contributed by atoms with E-state index in [1.807, 2.05) is 0 Å². The van der Waals surface area contributed by atoms with Gasteiger partial charge in [-0.05, 0) is 24.1 Å². The first-order chi connectivity index (χ1) is 9.78. The molecule has 7 heteroatoms. The summed E-state index contributed by atoms with van der Waals surface area (Å²) in [6.45, 7) is 0.591. The standard InChI is InChI=1S/C13H13FN4S2/c14-11-5-3-10(4-6-11)9-16-12-17-18-13(20-12)19-8-2-1-7-15/h3-6H,1-2,8-9H2,(H,16,17). The third-order valence-corrected chi connectivity index (χ3v) is 4.52. The molecule has 104 valence electrons. The fourth-order valence-electron chi connectivity index (χ4n) is 1.43. The fourth-order valence-corrected chi connectivity index (χ4v) is 3.19. The third-order valence-electron chi connectivity index (χ3n) is 2.42. The predicted octanol–water partition coefficient (Wildman–Crippen LogP) is 3.69. The van der Waals surface area contributed by atoms with E-state index in [-0.39, 0.29) is 5.82 Å². The summed E-state index contributed by atoms with van der Waals surface area (Å²) in [5.41, 5.74) is 0.991. The van der Waals surface area contributed by atoms with Crippen LogP contribution in [0.15, 0.2) is 28.6 Å². The first kappa shape index (κ1) is 14.8. The molecule has 0 saturated carbocycles. The molecule has 0 fully saturated rings. The van der Waals surface area contributed by atoms with Gasteiger partial charge in [0.15, 0.2) is 4.34 Å². The van der Waals surface area contributed by atoms with E-state index in [9.17, 15) is 4.39 Å². The van der Waals surface area contributed by atoms with Crippen molar-refractivity contribution >= 4 is 28.2 Å². The molecule has 0 radical (unpaired) electrons. The van der Waals surface area contributed by atoms with Crippen molar-refractivity contribution in [2.45, 2.75) is 23.7 Å². The van der Waals surface area contributed by atoms with Gasteiger partial charge in [0.25, 0.3) is 0 Å². The van der Waals surface area contributed by atoms with Crippen LogP contribution in [0, 0.1) is 17.1 Å². The van der Waals surface area contributed by atoms with Crippen molar-refractivity contribution in [2.75, 3.05) is 11.1 Å². The normalized spacial score (nSPS) is 10.2. The second-order valence-electron chi connectivity index (χ2n) is 3.96. The molecule has 2 rings (SSSR count). The predicted molar refractivity (Wildman–Crippen MR) is 79.2 cm³/mol. The molecular weight excluding hydrogens is 295 g/mol. The maximum atomic E-state index is 12.8. The van der Waals surface area contributed by atoms with E-state index >= 15 is 0 Å². The van der Waals surface area contributed by atoms with Crippen LogP contribution < -0.4 is 5.32 Å². The molecule has 20 heavy (non-hydrogen) atoms. The van der Waals surface area contributed by atoms with E-state index in [4.69, 9.17) is 5.26 Å². The molecule has 0 bridgehead atoms. The topological polar surface area (TPSA) is 61.6 Å². The van der Waals surface area contributed by atoms with E-state index < -0.39 is 0 Å². The maximum absolute atomic E-state index is 12.8. The van der Waals surface area contributed by atoms with Crippen molar-refractivity contribution in [3.63, 3.8) is 0 Å². The van der Waals surface area contributed by atoms with E-state index in [1.54, 1.807) is 23.9 Å².